The quantitative estimate of drug-likeness (QED) is 0.378. The zero-order chi connectivity index (χ0) is 25.4. The molecule has 0 aliphatic heterocycles. The van der Waals surface area contributed by atoms with Gasteiger partial charge in [-0.2, -0.15) is 0 Å². The number of methoxy groups -OCH3 is 1. The fourth-order valence-corrected chi connectivity index (χ4v) is 5.13. The molecule has 2 N–H and O–H groups in total. The van der Waals surface area contributed by atoms with Crippen molar-refractivity contribution in [3.63, 3.8) is 0 Å². The highest BCUT2D eigenvalue weighted by Crippen LogP contribution is 2.29. The lowest BCUT2D eigenvalue weighted by atomic mass is 10.1. The fourth-order valence-electron chi connectivity index (χ4n) is 3.19. The van der Waals surface area contributed by atoms with Gasteiger partial charge in [0.15, 0.2) is 0 Å². The Kier molecular flexibility index (Phi) is 9.11. The Morgan fingerprint density at radius 3 is 2.23 bits per heavy atom. The molecule has 3 aromatic carbocycles. The SMILES string of the molecule is COCCNC(=O)c1ccccc1NC(=O)CN(c1cc(Cl)cc(Cl)c1)S(=O)(=O)c1ccccc1. The van der Waals surface area contributed by atoms with E-state index in [-0.39, 0.29) is 38.4 Å². The average Bonchev–Trinajstić information content (AvgIpc) is 2.83. The smallest absolute Gasteiger partial charge is 0.264 e. The Morgan fingerprint density at radius 2 is 1.57 bits per heavy atom. The Labute approximate surface area is 213 Å². The summed E-state index contributed by atoms with van der Waals surface area (Å²) in [4.78, 5) is 25.6. The molecule has 8 nitrogen and oxygen atoms in total. The first-order valence-electron chi connectivity index (χ1n) is 10.4. The van der Waals surface area contributed by atoms with Crippen molar-refractivity contribution in [3.05, 3.63) is 88.4 Å². The Morgan fingerprint density at radius 1 is 0.943 bits per heavy atom. The second-order valence-corrected chi connectivity index (χ2v) is 10.0. The van der Waals surface area contributed by atoms with E-state index in [0.717, 1.165) is 4.31 Å². The van der Waals surface area contributed by atoms with Crippen LogP contribution in [-0.4, -0.2) is 47.0 Å². The number of benzene rings is 3. The van der Waals surface area contributed by atoms with Gasteiger partial charge in [0, 0.05) is 23.7 Å². The largest absolute Gasteiger partial charge is 0.383 e. The summed E-state index contributed by atoms with van der Waals surface area (Å²) in [6.07, 6.45) is 0. The van der Waals surface area contributed by atoms with Gasteiger partial charge in [0.25, 0.3) is 15.9 Å². The lowest BCUT2D eigenvalue weighted by Gasteiger charge is -2.24. The van der Waals surface area contributed by atoms with Gasteiger partial charge in [0.1, 0.15) is 6.54 Å². The second-order valence-electron chi connectivity index (χ2n) is 7.29. The van der Waals surface area contributed by atoms with Crippen LogP contribution in [-0.2, 0) is 19.6 Å². The van der Waals surface area contributed by atoms with Crippen LogP contribution in [0, 0.1) is 0 Å². The molecule has 0 spiro atoms. The summed E-state index contributed by atoms with van der Waals surface area (Å²) in [6.45, 7) is 0.0263. The van der Waals surface area contributed by atoms with Crippen molar-refractivity contribution in [2.75, 3.05) is 36.4 Å². The number of nitrogens with one attached hydrogen (secondary N) is 2. The minimum absolute atomic E-state index is 0.0122. The fraction of sp³-hybridized carbons (Fsp3) is 0.167. The third kappa shape index (κ3) is 6.95. The molecule has 2 amide bonds. The molecule has 0 saturated heterocycles. The molecule has 0 saturated carbocycles. The summed E-state index contributed by atoms with van der Waals surface area (Å²) in [5.74, 6) is -1.08. The molecule has 0 aliphatic rings. The van der Waals surface area contributed by atoms with Crippen LogP contribution in [0.4, 0.5) is 11.4 Å². The van der Waals surface area contributed by atoms with Crippen molar-refractivity contribution < 1.29 is 22.7 Å². The number of halogens is 2. The van der Waals surface area contributed by atoms with Gasteiger partial charge in [-0.25, -0.2) is 8.42 Å². The van der Waals surface area contributed by atoms with E-state index in [2.05, 4.69) is 10.6 Å². The predicted octanol–water partition coefficient (Wildman–Crippen LogP) is 4.20. The van der Waals surface area contributed by atoms with Crippen molar-refractivity contribution in [2.45, 2.75) is 4.90 Å². The number of ether oxygens (including phenoxy) is 1. The van der Waals surface area contributed by atoms with Gasteiger partial charge >= 0.3 is 0 Å². The highest BCUT2D eigenvalue weighted by molar-refractivity contribution is 7.92. The minimum atomic E-state index is -4.15. The highest BCUT2D eigenvalue weighted by atomic mass is 35.5. The molecule has 35 heavy (non-hydrogen) atoms. The molecule has 0 heterocycles. The van der Waals surface area contributed by atoms with Crippen LogP contribution in [0.2, 0.25) is 10.0 Å². The van der Waals surface area contributed by atoms with Crippen LogP contribution in [0.5, 0.6) is 0 Å². The van der Waals surface area contributed by atoms with Gasteiger partial charge in [-0.15, -0.1) is 0 Å². The number of amides is 2. The number of carbonyl (C=O) groups is 2. The first-order chi connectivity index (χ1) is 16.7. The number of hydrogen-bond donors (Lipinski definition) is 2. The van der Waals surface area contributed by atoms with Gasteiger partial charge < -0.3 is 15.4 Å². The number of rotatable bonds is 10. The molecule has 0 fully saturated rings. The number of hydrogen-bond acceptors (Lipinski definition) is 5. The molecule has 3 aromatic rings. The minimum Gasteiger partial charge on any atom is -0.383 e. The van der Waals surface area contributed by atoms with Crippen molar-refractivity contribution in [1.29, 1.82) is 0 Å². The molecular formula is C24H23Cl2N3O5S. The second kappa shape index (κ2) is 12.0. The summed E-state index contributed by atoms with van der Waals surface area (Å²) in [5, 5.41) is 5.73. The van der Waals surface area contributed by atoms with Crippen LogP contribution in [0.3, 0.4) is 0 Å². The number of sulfonamides is 1. The van der Waals surface area contributed by atoms with Crippen molar-refractivity contribution in [2.24, 2.45) is 0 Å². The summed E-state index contributed by atoms with van der Waals surface area (Å²) < 4.78 is 32.7. The van der Waals surface area contributed by atoms with Crippen LogP contribution < -0.4 is 14.9 Å². The van der Waals surface area contributed by atoms with E-state index < -0.39 is 28.4 Å². The molecule has 0 unspecified atom stereocenters. The molecule has 0 radical (unpaired) electrons. The topological polar surface area (TPSA) is 105 Å². The lowest BCUT2D eigenvalue weighted by Crippen LogP contribution is -2.38. The predicted molar refractivity (Wildman–Crippen MR) is 137 cm³/mol. The van der Waals surface area contributed by atoms with E-state index in [1.807, 2.05) is 0 Å². The molecule has 0 aromatic heterocycles. The highest BCUT2D eigenvalue weighted by Gasteiger charge is 2.28. The summed E-state index contributed by atoms with van der Waals surface area (Å²) in [7, 11) is -2.64. The van der Waals surface area contributed by atoms with Gasteiger partial charge in [-0.3, -0.25) is 13.9 Å². The van der Waals surface area contributed by atoms with E-state index >= 15 is 0 Å². The molecule has 0 bridgehead atoms. The maximum absolute atomic E-state index is 13.4. The maximum atomic E-state index is 13.4. The normalized spacial score (nSPS) is 11.1. The van der Waals surface area contributed by atoms with E-state index in [1.165, 1.54) is 37.4 Å². The molecule has 0 atom stereocenters. The summed E-state index contributed by atoms with van der Waals surface area (Å²) in [6, 6.07) is 18.3. The third-order valence-electron chi connectivity index (χ3n) is 4.79. The molecule has 3 rings (SSSR count). The molecular weight excluding hydrogens is 513 g/mol. The first-order valence-corrected chi connectivity index (χ1v) is 12.6. The maximum Gasteiger partial charge on any atom is 0.264 e. The average molecular weight is 536 g/mol. The van der Waals surface area contributed by atoms with E-state index in [1.54, 1.807) is 42.5 Å². The Bertz CT molecular complexity index is 1280. The molecule has 184 valence electrons. The van der Waals surface area contributed by atoms with E-state index in [0.29, 0.717) is 6.61 Å². The molecule has 11 heteroatoms. The van der Waals surface area contributed by atoms with Gasteiger partial charge in [0.05, 0.1) is 28.4 Å². The Hall–Kier alpha value is -3.11. The standard InChI is InChI=1S/C24H23Cl2N3O5S/c1-34-12-11-27-24(31)21-9-5-6-10-22(21)28-23(30)16-29(19-14-17(25)13-18(26)15-19)35(32,33)20-7-3-2-4-8-20/h2-10,13-15H,11-12,16H2,1H3,(H,27,31)(H,28,30). The third-order valence-corrected chi connectivity index (χ3v) is 7.02. The van der Waals surface area contributed by atoms with Crippen molar-refractivity contribution >= 4 is 56.4 Å². The van der Waals surface area contributed by atoms with E-state index in [9.17, 15) is 18.0 Å². The monoisotopic (exact) mass is 535 g/mol. The number of carbonyl (C=O) groups excluding carboxylic acids is 2. The van der Waals surface area contributed by atoms with Gasteiger partial charge in [0.2, 0.25) is 5.91 Å². The lowest BCUT2D eigenvalue weighted by molar-refractivity contribution is -0.114. The van der Waals surface area contributed by atoms with Crippen LogP contribution >= 0.6 is 23.2 Å². The zero-order valence-electron chi connectivity index (χ0n) is 18.7. The number of anilines is 2. The zero-order valence-corrected chi connectivity index (χ0v) is 21.0. The van der Waals surface area contributed by atoms with Crippen molar-refractivity contribution in [1.82, 2.24) is 5.32 Å². The first kappa shape index (κ1) is 26.5. The van der Waals surface area contributed by atoms with Crippen LogP contribution in [0.15, 0.2) is 77.7 Å². The van der Waals surface area contributed by atoms with E-state index in [4.69, 9.17) is 27.9 Å². The van der Waals surface area contributed by atoms with Gasteiger partial charge in [-0.1, -0.05) is 53.5 Å². The summed E-state index contributed by atoms with van der Waals surface area (Å²) >= 11 is 12.2. The Balaban J connectivity index is 1.91. The molecule has 0 aliphatic carbocycles. The van der Waals surface area contributed by atoms with Gasteiger partial charge in [-0.05, 0) is 42.5 Å². The van der Waals surface area contributed by atoms with Crippen LogP contribution in [0.1, 0.15) is 10.4 Å². The summed E-state index contributed by atoms with van der Waals surface area (Å²) in [5.41, 5.74) is 0.570. The van der Waals surface area contributed by atoms with Crippen LogP contribution in [0.25, 0.3) is 0 Å². The van der Waals surface area contributed by atoms with Crippen molar-refractivity contribution in [3.8, 4) is 0 Å². The number of para-hydroxylation sites is 1. The number of nitrogens with zero attached hydrogens (tertiary/aromatic N) is 1.